The summed E-state index contributed by atoms with van der Waals surface area (Å²) in [5.41, 5.74) is 0.954. The summed E-state index contributed by atoms with van der Waals surface area (Å²) in [6.07, 6.45) is 5.39. The standard InChI is InChI=1S/C14H13FNO.C10H11F2N.Mn/c15-11-7-3-6-10-8-12(9-4-1-2-5-9)16-14(17)13(10)11;1-3-13(4-2)10-6-5-8(11)7-9(10)12;/h1,3,6-9H,2,4-5H2,(H,16,17);5-7H,1-4H2;/q-1;-2;+3/t9-;;/m0../s1. The van der Waals surface area contributed by atoms with E-state index in [2.05, 4.69) is 25.3 Å². The van der Waals surface area contributed by atoms with Crippen molar-refractivity contribution in [3.05, 3.63) is 96.2 Å². The average molecular weight is 468 g/mol. The molecule has 1 aromatic heterocycles. The summed E-state index contributed by atoms with van der Waals surface area (Å²) in [6, 6.07) is 10.1. The molecule has 0 radical (unpaired) electrons. The van der Waals surface area contributed by atoms with Crippen LogP contribution < -0.4 is 10.5 Å². The predicted octanol–water partition coefficient (Wildman–Crippen LogP) is 5.58. The van der Waals surface area contributed by atoms with Gasteiger partial charge in [-0.15, -0.1) is 13.1 Å². The maximum atomic E-state index is 13.5. The van der Waals surface area contributed by atoms with Gasteiger partial charge in [0, 0.05) is 11.8 Å². The quantitative estimate of drug-likeness (QED) is 0.401. The second-order valence-electron chi connectivity index (χ2n) is 7.14. The van der Waals surface area contributed by atoms with Gasteiger partial charge in [-0.3, -0.25) is 4.79 Å². The Labute approximate surface area is 191 Å². The van der Waals surface area contributed by atoms with Crippen LogP contribution in [0, 0.1) is 37.7 Å². The number of pyridine rings is 1. The maximum absolute atomic E-state index is 13.5. The molecule has 0 saturated heterocycles. The molecule has 3 nitrogen and oxygen atoms in total. The van der Waals surface area contributed by atoms with E-state index in [0.29, 0.717) is 30.1 Å². The normalized spacial score (nSPS) is 15.2. The summed E-state index contributed by atoms with van der Waals surface area (Å²) in [6.45, 7) is 8.06. The zero-order valence-electron chi connectivity index (χ0n) is 17.0. The Balaban J connectivity index is 0.000000222. The van der Waals surface area contributed by atoms with Gasteiger partial charge in [0.2, 0.25) is 0 Å². The molecule has 1 aliphatic rings. The third-order valence-corrected chi connectivity index (χ3v) is 5.24. The first-order valence-electron chi connectivity index (χ1n) is 9.86. The van der Waals surface area contributed by atoms with Gasteiger partial charge >= 0.3 is 17.1 Å². The first-order valence-corrected chi connectivity index (χ1v) is 9.86. The Morgan fingerprint density at radius 1 is 1.06 bits per heavy atom. The second kappa shape index (κ2) is 11.4. The molecular weight excluding hydrogens is 444 g/mol. The summed E-state index contributed by atoms with van der Waals surface area (Å²) in [5, 5.41) is 0.855. The smallest absolute Gasteiger partial charge is 0.429 e. The van der Waals surface area contributed by atoms with Crippen LogP contribution in [0.2, 0.25) is 0 Å². The minimum Gasteiger partial charge on any atom is -0.429 e. The SMILES string of the molecule is O=c1[nH]c([C@H]2C[CH-]CC2)cc2cccc(F)c12.[CH2-]CN(C[CH2-])c1ccc(F)cc1F.[Mn+3]. The van der Waals surface area contributed by atoms with Crippen molar-refractivity contribution >= 4 is 16.5 Å². The van der Waals surface area contributed by atoms with Crippen molar-refractivity contribution in [2.75, 3.05) is 18.0 Å². The van der Waals surface area contributed by atoms with Gasteiger partial charge in [0.25, 0.3) is 5.56 Å². The summed E-state index contributed by atoms with van der Waals surface area (Å²) < 4.78 is 39.2. The molecule has 164 valence electrons. The molecule has 4 rings (SSSR count). The molecule has 1 atom stereocenters. The number of H-pyrrole nitrogens is 1. The molecule has 0 unspecified atom stereocenters. The molecule has 0 aliphatic heterocycles. The number of benzene rings is 2. The Morgan fingerprint density at radius 3 is 2.42 bits per heavy atom. The van der Waals surface area contributed by atoms with Crippen LogP contribution in [-0.2, 0) is 17.1 Å². The molecule has 1 fully saturated rings. The van der Waals surface area contributed by atoms with E-state index in [-0.39, 0.29) is 28.0 Å². The topological polar surface area (TPSA) is 36.1 Å². The Bertz CT molecular complexity index is 1060. The minimum atomic E-state index is -0.577. The molecule has 2 aromatic carbocycles. The zero-order chi connectivity index (χ0) is 21.7. The number of rotatable bonds is 4. The molecule has 0 spiro atoms. The molecule has 3 aromatic rings. The summed E-state index contributed by atoms with van der Waals surface area (Å²) >= 11 is 0. The van der Waals surface area contributed by atoms with E-state index in [1.165, 1.54) is 18.2 Å². The van der Waals surface area contributed by atoms with Crippen LogP contribution >= 0.6 is 0 Å². The molecule has 1 N–H and O–H groups in total. The van der Waals surface area contributed by atoms with Crippen molar-refractivity contribution in [1.29, 1.82) is 0 Å². The van der Waals surface area contributed by atoms with E-state index in [4.69, 9.17) is 0 Å². The number of aromatic amines is 1. The van der Waals surface area contributed by atoms with Crippen LogP contribution in [0.25, 0.3) is 10.8 Å². The van der Waals surface area contributed by atoms with E-state index in [1.807, 2.05) is 6.07 Å². The first kappa shape index (κ1) is 25.0. The number of nitrogens with one attached hydrogen (secondary N) is 1. The molecule has 1 aliphatic carbocycles. The van der Waals surface area contributed by atoms with Gasteiger partial charge in [0.15, 0.2) is 0 Å². The third-order valence-electron chi connectivity index (χ3n) is 5.24. The van der Waals surface area contributed by atoms with Crippen molar-refractivity contribution < 1.29 is 30.2 Å². The number of anilines is 1. The largest absolute Gasteiger partial charge is 3.00 e. The first-order chi connectivity index (χ1) is 14.4. The third kappa shape index (κ3) is 5.92. The van der Waals surface area contributed by atoms with E-state index in [1.54, 1.807) is 17.0 Å². The number of hydrogen-bond acceptors (Lipinski definition) is 2. The zero-order valence-corrected chi connectivity index (χ0v) is 18.2. The van der Waals surface area contributed by atoms with Crippen molar-refractivity contribution in [1.82, 2.24) is 4.98 Å². The summed E-state index contributed by atoms with van der Waals surface area (Å²) in [5.74, 6) is -1.22. The molecule has 0 amide bonds. The number of halogens is 3. The van der Waals surface area contributed by atoms with Gasteiger partial charge in [-0.25, -0.2) is 13.2 Å². The van der Waals surface area contributed by atoms with Crippen LogP contribution in [0.3, 0.4) is 0 Å². The van der Waals surface area contributed by atoms with Crippen LogP contribution in [0.15, 0.2) is 47.3 Å². The fraction of sp³-hybridized carbons (Fsp3) is 0.250. The van der Waals surface area contributed by atoms with E-state index in [9.17, 15) is 18.0 Å². The van der Waals surface area contributed by atoms with E-state index in [0.717, 1.165) is 31.0 Å². The Morgan fingerprint density at radius 2 is 1.81 bits per heavy atom. The monoisotopic (exact) mass is 468 g/mol. The van der Waals surface area contributed by atoms with Gasteiger partial charge in [0.05, 0.1) is 11.1 Å². The molecular formula is C24H24F3MnN2O. The van der Waals surface area contributed by atoms with E-state index < -0.39 is 17.5 Å². The van der Waals surface area contributed by atoms with Crippen molar-refractivity contribution in [3.63, 3.8) is 0 Å². The average Bonchev–Trinajstić information content (AvgIpc) is 3.25. The molecule has 7 heteroatoms. The fourth-order valence-electron chi connectivity index (χ4n) is 3.65. The maximum Gasteiger partial charge on any atom is 3.00 e. The van der Waals surface area contributed by atoms with Gasteiger partial charge in [-0.05, 0) is 35.6 Å². The number of nitrogens with zero attached hydrogens (tertiary/aromatic N) is 1. The molecule has 1 saturated carbocycles. The van der Waals surface area contributed by atoms with Crippen LogP contribution in [0.5, 0.6) is 0 Å². The van der Waals surface area contributed by atoms with Crippen molar-refractivity contribution in [3.8, 4) is 0 Å². The van der Waals surface area contributed by atoms with Crippen LogP contribution in [-0.4, -0.2) is 18.1 Å². The summed E-state index contributed by atoms with van der Waals surface area (Å²) in [4.78, 5) is 16.3. The van der Waals surface area contributed by atoms with Crippen molar-refractivity contribution in [2.45, 2.75) is 25.2 Å². The van der Waals surface area contributed by atoms with Gasteiger partial charge in [-0.1, -0.05) is 18.6 Å². The summed E-state index contributed by atoms with van der Waals surface area (Å²) in [7, 11) is 0. The van der Waals surface area contributed by atoms with Crippen LogP contribution in [0.4, 0.5) is 18.9 Å². The minimum absolute atomic E-state index is 0. The molecule has 31 heavy (non-hydrogen) atoms. The van der Waals surface area contributed by atoms with E-state index >= 15 is 0 Å². The van der Waals surface area contributed by atoms with Gasteiger partial charge in [0.1, 0.15) is 17.5 Å². The van der Waals surface area contributed by atoms with Gasteiger partial charge < -0.3 is 30.2 Å². The Hall–Kier alpha value is -2.24. The number of aromatic nitrogens is 1. The fourth-order valence-corrected chi connectivity index (χ4v) is 3.65. The van der Waals surface area contributed by atoms with Crippen LogP contribution in [0.1, 0.15) is 30.9 Å². The predicted molar refractivity (Wildman–Crippen MR) is 115 cm³/mol. The molecule has 0 bridgehead atoms. The second-order valence-corrected chi connectivity index (χ2v) is 7.14. The molecule has 1 heterocycles. The van der Waals surface area contributed by atoms with Crippen molar-refractivity contribution in [2.24, 2.45) is 0 Å². The number of fused-ring (bicyclic) bond motifs is 1. The number of hydrogen-bond donors (Lipinski definition) is 1. The Kier molecular flexibility index (Phi) is 9.20. The van der Waals surface area contributed by atoms with Gasteiger partial charge in [-0.2, -0.15) is 12.8 Å².